The Hall–Kier alpha value is -2.89. The number of Topliss-reactive ketones (excluding diaryl/α,β-unsaturated/α-hetero) is 1. The first kappa shape index (κ1) is 17.5. The summed E-state index contributed by atoms with van der Waals surface area (Å²) in [5.41, 5.74) is 1.18. The second-order valence-corrected chi connectivity index (χ2v) is 5.05. The largest absolute Gasteiger partial charge is 0.496 e. The Kier molecular flexibility index (Phi) is 5.52. The van der Waals surface area contributed by atoms with E-state index in [1.54, 1.807) is 18.2 Å². The minimum atomic E-state index is -0.683. The van der Waals surface area contributed by atoms with E-state index in [1.807, 2.05) is 6.92 Å². The van der Waals surface area contributed by atoms with Gasteiger partial charge in [0.1, 0.15) is 11.3 Å². The van der Waals surface area contributed by atoms with Gasteiger partial charge in [0.25, 0.3) is 0 Å². The Morgan fingerprint density at radius 3 is 2.29 bits per heavy atom. The summed E-state index contributed by atoms with van der Waals surface area (Å²) in [4.78, 5) is 24.2. The van der Waals surface area contributed by atoms with E-state index in [2.05, 4.69) is 0 Å². The second-order valence-electron chi connectivity index (χ2n) is 5.05. The summed E-state index contributed by atoms with van der Waals surface area (Å²) < 4.78 is 28.5. The maximum absolute atomic E-state index is 13.6. The van der Waals surface area contributed by atoms with Gasteiger partial charge in [0.05, 0.1) is 14.2 Å². The van der Waals surface area contributed by atoms with Gasteiger partial charge in [0, 0.05) is 5.56 Å². The number of hydrogen-bond donors (Lipinski definition) is 0. The highest BCUT2D eigenvalue weighted by Crippen LogP contribution is 2.21. The van der Waals surface area contributed by atoms with E-state index in [4.69, 9.17) is 14.2 Å². The van der Waals surface area contributed by atoms with Crippen LogP contribution in [0, 0.1) is 12.7 Å². The first-order chi connectivity index (χ1) is 11.5. The summed E-state index contributed by atoms with van der Waals surface area (Å²) in [7, 11) is 2.77. The van der Waals surface area contributed by atoms with Gasteiger partial charge in [-0.2, -0.15) is 0 Å². The van der Waals surface area contributed by atoms with E-state index >= 15 is 0 Å². The van der Waals surface area contributed by atoms with Crippen molar-refractivity contribution in [1.29, 1.82) is 0 Å². The maximum Gasteiger partial charge on any atom is 0.342 e. The minimum Gasteiger partial charge on any atom is -0.496 e. The smallest absolute Gasteiger partial charge is 0.342 e. The number of methoxy groups -OCH3 is 2. The number of esters is 1. The summed E-state index contributed by atoms with van der Waals surface area (Å²) in [6.45, 7) is 1.32. The summed E-state index contributed by atoms with van der Waals surface area (Å²) in [6, 6.07) is 8.84. The third-order valence-electron chi connectivity index (χ3n) is 3.38. The topological polar surface area (TPSA) is 61.8 Å². The average Bonchev–Trinajstić information content (AvgIpc) is 2.59. The predicted octanol–water partition coefficient (Wildman–Crippen LogP) is 3.19. The lowest BCUT2D eigenvalue weighted by molar-refractivity contribution is 0.0471. The van der Waals surface area contributed by atoms with Gasteiger partial charge in [0.15, 0.2) is 24.0 Å². The van der Waals surface area contributed by atoms with Gasteiger partial charge < -0.3 is 14.2 Å². The number of carbonyl (C=O) groups is 2. The van der Waals surface area contributed by atoms with E-state index in [-0.39, 0.29) is 16.9 Å². The molecule has 126 valence electrons. The number of benzene rings is 2. The Bertz CT molecular complexity index is 770. The summed E-state index contributed by atoms with van der Waals surface area (Å²) in [5, 5.41) is 0. The fourth-order valence-corrected chi connectivity index (χ4v) is 2.11. The van der Waals surface area contributed by atoms with Crippen molar-refractivity contribution >= 4 is 11.8 Å². The fourth-order valence-electron chi connectivity index (χ4n) is 2.11. The molecule has 24 heavy (non-hydrogen) atoms. The molecule has 0 aromatic heterocycles. The molecule has 0 aliphatic carbocycles. The molecule has 0 amide bonds. The molecule has 0 saturated carbocycles. The van der Waals surface area contributed by atoms with Gasteiger partial charge in [-0.05, 0) is 37.3 Å². The van der Waals surface area contributed by atoms with Crippen LogP contribution in [-0.4, -0.2) is 32.6 Å². The fraction of sp³-hybridized carbons (Fsp3) is 0.222. The van der Waals surface area contributed by atoms with Crippen molar-refractivity contribution < 1.29 is 28.2 Å². The number of hydrogen-bond acceptors (Lipinski definition) is 5. The summed E-state index contributed by atoms with van der Waals surface area (Å²) in [5.74, 6) is -1.47. The lowest BCUT2D eigenvalue weighted by Gasteiger charge is -2.09. The van der Waals surface area contributed by atoms with Crippen LogP contribution >= 0.6 is 0 Å². The van der Waals surface area contributed by atoms with Crippen LogP contribution in [0.25, 0.3) is 0 Å². The van der Waals surface area contributed by atoms with Crippen LogP contribution in [0.3, 0.4) is 0 Å². The minimum absolute atomic E-state index is 0.0352. The predicted molar refractivity (Wildman–Crippen MR) is 85.3 cm³/mol. The highest BCUT2D eigenvalue weighted by atomic mass is 19.1. The Balaban J connectivity index is 2.07. The van der Waals surface area contributed by atoms with Crippen molar-refractivity contribution in [2.24, 2.45) is 0 Å². The van der Waals surface area contributed by atoms with Gasteiger partial charge in [-0.1, -0.05) is 11.6 Å². The molecule has 2 aromatic carbocycles. The van der Waals surface area contributed by atoms with E-state index in [9.17, 15) is 14.0 Å². The quantitative estimate of drug-likeness (QED) is 0.600. The summed E-state index contributed by atoms with van der Waals surface area (Å²) in [6.07, 6.45) is 0. The van der Waals surface area contributed by atoms with Gasteiger partial charge in [0.2, 0.25) is 0 Å². The molecule has 0 unspecified atom stereocenters. The highest BCUT2D eigenvalue weighted by Gasteiger charge is 2.17. The third kappa shape index (κ3) is 3.90. The van der Waals surface area contributed by atoms with Crippen LogP contribution in [0.15, 0.2) is 36.4 Å². The van der Waals surface area contributed by atoms with E-state index in [0.29, 0.717) is 5.75 Å². The second kappa shape index (κ2) is 7.59. The van der Waals surface area contributed by atoms with Crippen LogP contribution < -0.4 is 9.47 Å². The lowest BCUT2D eigenvalue weighted by Crippen LogP contribution is -2.15. The van der Waals surface area contributed by atoms with Crippen molar-refractivity contribution in [3.8, 4) is 11.5 Å². The number of ether oxygens (including phenoxy) is 3. The molecular formula is C18H17FO5. The number of ketones is 1. The van der Waals surface area contributed by atoms with Crippen molar-refractivity contribution in [2.75, 3.05) is 20.8 Å². The molecule has 2 aromatic rings. The third-order valence-corrected chi connectivity index (χ3v) is 3.38. The van der Waals surface area contributed by atoms with Crippen molar-refractivity contribution in [3.63, 3.8) is 0 Å². The molecule has 0 fully saturated rings. The van der Waals surface area contributed by atoms with Crippen LogP contribution in [0.4, 0.5) is 4.39 Å². The van der Waals surface area contributed by atoms with Crippen LogP contribution in [0.5, 0.6) is 11.5 Å². The monoisotopic (exact) mass is 332 g/mol. The van der Waals surface area contributed by atoms with Crippen molar-refractivity contribution in [2.45, 2.75) is 6.92 Å². The van der Waals surface area contributed by atoms with E-state index in [0.717, 1.165) is 11.6 Å². The van der Waals surface area contributed by atoms with Gasteiger partial charge >= 0.3 is 5.97 Å². The molecule has 0 atom stereocenters. The first-order valence-electron chi connectivity index (χ1n) is 7.14. The van der Waals surface area contributed by atoms with Gasteiger partial charge in [-0.15, -0.1) is 0 Å². The number of carbonyl (C=O) groups excluding carboxylic acids is 2. The van der Waals surface area contributed by atoms with Crippen LogP contribution in [0.1, 0.15) is 26.3 Å². The zero-order chi connectivity index (χ0) is 17.7. The molecule has 0 aliphatic heterocycles. The maximum atomic E-state index is 13.6. The molecular weight excluding hydrogens is 315 g/mol. The molecule has 0 aliphatic rings. The molecule has 0 bridgehead atoms. The number of halogens is 1. The van der Waals surface area contributed by atoms with Gasteiger partial charge in [-0.3, -0.25) is 4.79 Å². The average molecular weight is 332 g/mol. The SMILES string of the molecule is COc1ccc(C(=O)COC(=O)c2cc(C)ccc2OC)cc1F. The number of rotatable bonds is 6. The molecule has 5 nitrogen and oxygen atoms in total. The van der Waals surface area contributed by atoms with E-state index in [1.165, 1.54) is 26.4 Å². The lowest BCUT2D eigenvalue weighted by atomic mass is 10.1. The molecule has 0 heterocycles. The molecule has 0 N–H and O–H groups in total. The van der Waals surface area contributed by atoms with Gasteiger partial charge in [-0.25, -0.2) is 9.18 Å². The molecule has 6 heteroatoms. The highest BCUT2D eigenvalue weighted by molar-refractivity contribution is 6.00. The van der Waals surface area contributed by atoms with E-state index < -0.39 is 24.2 Å². The zero-order valence-electron chi connectivity index (χ0n) is 13.6. The Morgan fingerprint density at radius 2 is 1.67 bits per heavy atom. The molecule has 2 rings (SSSR count). The van der Waals surface area contributed by atoms with Crippen molar-refractivity contribution in [1.82, 2.24) is 0 Å². The van der Waals surface area contributed by atoms with Crippen molar-refractivity contribution in [3.05, 3.63) is 58.9 Å². The Labute approximate surface area is 139 Å². The number of aryl methyl sites for hydroxylation is 1. The molecule has 0 radical (unpaired) electrons. The first-order valence-corrected chi connectivity index (χ1v) is 7.14. The zero-order valence-corrected chi connectivity index (χ0v) is 13.6. The molecule has 0 saturated heterocycles. The summed E-state index contributed by atoms with van der Waals surface area (Å²) >= 11 is 0. The van der Waals surface area contributed by atoms with Crippen LogP contribution in [0.2, 0.25) is 0 Å². The standard InChI is InChI=1S/C18H17FO5/c1-11-4-6-16(22-2)13(8-11)18(21)24-10-15(20)12-5-7-17(23-3)14(19)9-12/h4-9H,10H2,1-3H3. The normalized spacial score (nSPS) is 10.2. The Morgan fingerprint density at radius 1 is 1.00 bits per heavy atom. The van der Waals surface area contributed by atoms with Crippen LogP contribution in [-0.2, 0) is 4.74 Å². The molecule has 0 spiro atoms.